The van der Waals surface area contributed by atoms with Gasteiger partial charge in [-0.25, -0.2) is 9.97 Å². The van der Waals surface area contributed by atoms with Gasteiger partial charge in [0.2, 0.25) is 0 Å². The molecule has 1 unspecified atom stereocenters. The summed E-state index contributed by atoms with van der Waals surface area (Å²) in [6.07, 6.45) is 7.00. The molecule has 18 heavy (non-hydrogen) atoms. The number of hydrogen-bond acceptors (Lipinski definition) is 2. The van der Waals surface area contributed by atoms with Crippen LogP contribution in [0.15, 0.2) is 36.7 Å². The van der Waals surface area contributed by atoms with Gasteiger partial charge in [0.05, 0.1) is 5.88 Å². The maximum Gasteiger partial charge on any atom is 0.131 e. The fourth-order valence-corrected chi connectivity index (χ4v) is 2.70. The fraction of sp³-hybridized carbons (Fsp3) is 0.333. The van der Waals surface area contributed by atoms with Crippen molar-refractivity contribution in [3.8, 4) is 0 Å². The van der Waals surface area contributed by atoms with Gasteiger partial charge in [-0.15, -0.1) is 11.6 Å². The van der Waals surface area contributed by atoms with E-state index in [1.165, 1.54) is 11.1 Å². The van der Waals surface area contributed by atoms with Crippen molar-refractivity contribution in [2.45, 2.75) is 31.1 Å². The van der Waals surface area contributed by atoms with Crippen LogP contribution in [0, 0.1) is 0 Å². The molecule has 2 nitrogen and oxygen atoms in total. The summed E-state index contributed by atoms with van der Waals surface area (Å²) in [4.78, 5) is 8.90. The van der Waals surface area contributed by atoms with E-state index in [2.05, 4.69) is 34.2 Å². The highest BCUT2D eigenvalue weighted by atomic mass is 35.5. The summed E-state index contributed by atoms with van der Waals surface area (Å²) in [6.45, 7) is 0. The number of nitrogens with zero attached hydrogens (tertiary/aromatic N) is 2. The van der Waals surface area contributed by atoms with Gasteiger partial charge < -0.3 is 0 Å². The minimum Gasteiger partial charge on any atom is -0.241 e. The molecule has 1 aromatic heterocycles. The van der Waals surface area contributed by atoms with Crippen LogP contribution in [0.3, 0.4) is 0 Å². The average Bonchev–Trinajstić information content (AvgIpc) is 2.47. The molecule has 3 rings (SSSR count). The third-order valence-electron chi connectivity index (χ3n) is 3.59. The Kier molecular flexibility index (Phi) is 3.28. The molecular weight excluding hydrogens is 244 g/mol. The monoisotopic (exact) mass is 258 g/mol. The van der Waals surface area contributed by atoms with E-state index in [0.29, 0.717) is 11.8 Å². The Morgan fingerprint density at radius 3 is 2.56 bits per heavy atom. The van der Waals surface area contributed by atoms with Crippen LogP contribution in [0.25, 0.3) is 0 Å². The van der Waals surface area contributed by atoms with Crippen LogP contribution < -0.4 is 0 Å². The van der Waals surface area contributed by atoms with Crippen LogP contribution in [-0.2, 0) is 18.7 Å². The molecule has 2 aromatic rings. The van der Waals surface area contributed by atoms with E-state index in [4.69, 9.17) is 11.6 Å². The van der Waals surface area contributed by atoms with E-state index in [1.807, 2.05) is 12.4 Å². The molecule has 3 heteroatoms. The lowest BCUT2D eigenvalue weighted by molar-refractivity contribution is 0.554. The summed E-state index contributed by atoms with van der Waals surface area (Å²) in [5.74, 6) is 1.89. The van der Waals surface area contributed by atoms with Crippen LogP contribution in [0.4, 0.5) is 0 Å². The van der Waals surface area contributed by atoms with Crippen molar-refractivity contribution in [1.82, 2.24) is 9.97 Å². The third-order valence-corrected chi connectivity index (χ3v) is 3.90. The first kappa shape index (κ1) is 11.7. The van der Waals surface area contributed by atoms with Gasteiger partial charge >= 0.3 is 0 Å². The first-order valence-electron chi connectivity index (χ1n) is 6.30. The number of fused-ring (bicyclic) bond motifs is 1. The fourth-order valence-electron chi connectivity index (χ4n) is 2.56. The molecule has 0 fully saturated rings. The number of hydrogen-bond donors (Lipinski definition) is 0. The second-order valence-electron chi connectivity index (χ2n) is 4.79. The molecule has 1 aromatic carbocycles. The largest absolute Gasteiger partial charge is 0.241 e. The Labute approximate surface area is 112 Å². The predicted octanol–water partition coefficient (Wildman–Crippen LogP) is 3.49. The topological polar surface area (TPSA) is 25.8 Å². The molecule has 0 bridgehead atoms. The van der Waals surface area contributed by atoms with Gasteiger partial charge in [0.25, 0.3) is 0 Å². The number of rotatable bonds is 2. The zero-order chi connectivity index (χ0) is 12.4. The van der Waals surface area contributed by atoms with Crippen molar-refractivity contribution >= 4 is 11.6 Å². The van der Waals surface area contributed by atoms with Crippen molar-refractivity contribution in [3.05, 3.63) is 59.2 Å². The second kappa shape index (κ2) is 5.07. The van der Waals surface area contributed by atoms with Crippen LogP contribution in [0.2, 0.25) is 0 Å². The summed E-state index contributed by atoms with van der Waals surface area (Å²) in [5, 5.41) is 0. The first-order chi connectivity index (χ1) is 8.86. The molecule has 1 aliphatic rings. The van der Waals surface area contributed by atoms with Crippen LogP contribution in [-0.4, -0.2) is 9.97 Å². The average molecular weight is 259 g/mol. The van der Waals surface area contributed by atoms with Crippen LogP contribution in [0.1, 0.15) is 34.9 Å². The van der Waals surface area contributed by atoms with Gasteiger partial charge in [-0.1, -0.05) is 24.3 Å². The Balaban J connectivity index is 1.82. The zero-order valence-electron chi connectivity index (χ0n) is 10.1. The highest BCUT2D eigenvalue weighted by molar-refractivity contribution is 6.17. The van der Waals surface area contributed by atoms with E-state index in [9.17, 15) is 0 Å². The molecular formula is C15H15ClN2. The maximum absolute atomic E-state index is 5.75. The zero-order valence-corrected chi connectivity index (χ0v) is 10.9. The smallest absolute Gasteiger partial charge is 0.131 e. The summed E-state index contributed by atoms with van der Waals surface area (Å²) in [6, 6.07) is 8.67. The van der Waals surface area contributed by atoms with Crippen molar-refractivity contribution in [1.29, 1.82) is 0 Å². The number of benzene rings is 1. The summed E-state index contributed by atoms with van der Waals surface area (Å²) < 4.78 is 0. The van der Waals surface area contributed by atoms with E-state index in [-0.39, 0.29) is 0 Å². The predicted molar refractivity (Wildman–Crippen MR) is 72.8 cm³/mol. The van der Waals surface area contributed by atoms with E-state index >= 15 is 0 Å². The molecule has 0 spiro atoms. The third kappa shape index (κ3) is 2.25. The summed E-state index contributed by atoms with van der Waals surface area (Å²) in [7, 11) is 0. The van der Waals surface area contributed by atoms with Gasteiger partial charge in [-0.3, -0.25) is 0 Å². The number of aromatic nitrogens is 2. The van der Waals surface area contributed by atoms with Crippen molar-refractivity contribution in [2.24, 2.45) is 0 Å². The molecule has 92 valence electrons. The van der Waals surface area contributed by atoms with Crippen molar-refractivity contribution in [2.75, 3.05) is 0 Å². The quantitative estimate of drug-likeness (QED) is 0.771. The number of alkyl halides is 1. The molecule has 1 heterocycles. The normalized spacial score (nSPS) is 18.4. The van der Waals surface area contributed by atoms with Gasteiger partial charge in [-0.05, 0) is 30.4 Å². The lowest BCUT2D eigenvalue weighted by Gasteiger charge is -2.23. The highest BCUT2D eigenvalue weighted by Gasteiger charge is 2.21. The molecule has 1 aliphatic carbocycles. The summed E-state index contributed by atoms with van der Waals surface area (Å²) >= 11 is 5.75. The van der Waals surface area contributed by atoms with E-state index < -0.39 is 0 Å². The summed E-state index contributed by atoms with van der Waals surface area (Å²) in [5.41, 5.74) is 3.90. The Bertz CT molecular complexity index is 536. The lowest BCUT2D eigenvalue weighted by Crippen LogP contribution is -2.15. The molecule has 0 aliphatic heterocycles. The minimum atomic E-state index is 0.448. The number of halogens is 1. The maximum atomic E-state index is 5.75. The van der Waals surface area contributed by atoms with E-state index in [0.717, 1.165) is 30.7 Å². The Morgan fingerprint density at radius 2 is 1.83 bits per heavy atom. The SMILES string of the molecule is ClCc1cnc(C2CCc3ccccc3C2)nc1. The minimum absolute atomic E-state index is 0.448. The molecule has 0 saturated carbocycles. The van der Waals surface area contributed by atoms with Gasteiger partial charge in [-0.2, -0.15) is 0 Å². The molecule has 0 saturated heterocycles. The molecule has 0 amide bonds. The van der Waals surface area contributed by atoms with Crippen molar-refractivity contribution < 1.29 is 0 Å². The van der Waals surface area contributed by atoms with Crippen LogP contribution in [0.5, 0.6) is 0 Å². The van der Waals surface area contributed by atoms with Gasteiger partial charge in [0, 0.05) is 23.9 Å². The molecule has 0 radical (unpaired) electrons. The second-order valence-corrected chi connectivity index (χ2v) is 5.06. The highest BCUT2D eigenvalue weighted by Crippen LogP contribution is 2.30. The molecule has 1 atom stereocenters. The van der Waals surface area contributed by atoms with Gasteiger partial charge in [0.1, 0.15) is 5.82 Å². The standard InChI is InChI=1S/C15H15ClN2/c16-8-11-9-17-15(18-10-11)14-6-5-12-3-1-2-4-13(12)7-14/h1-4,9-10,14H,5-8H2. The Hall–Kier alpha value is -1.41. The number of aryl methyl sites for hydroxylation is 1. The van der Waals surface area contributed by atoms with E-state index in [1.54, 1.807) is 0 Å². The lowest BCUT2D eigenvalue weighted by atomic mass is 9.83. The van der Waals surface area contributed by atoms with Gasteiger partial charge in [0.15, 0.2) is 0 Å². The first-order valence-corrected chi connectivity index (χ1v) is 6.84. The molecule has 0 N–H and O–H groups in total. The Morgan fingerprint density at radius 1 is 1.11 bits per heavy atom. The van der Waals surface area contributed by atoms with Crippen molar-refractivity contribution in [3.63, 3.8) is 0 Å². The van der Waals surface area contributed by atoms with Crippen LogP contribution >= 0.6 is 11.6 Å².